The van der Waals surface area contributed by atoms with E-state index in [1.807, 2.05) is 25.7 Å². The van der Waals surface area contributed by atoms with Crippen molar-refractivity contribution in [1.82, 2.24) is 4.90 Å². The number of nitrogens with zero attached hydrogens (tertiary/aromatic N) is 1. The number of aryl methyl sites for hydroxylation is 3. The van der Waals surface area contributed by atoms with Gasteiger partial charge in [0.05, 0.1) is 0 Å². The van der Waals surface area contributed by atoms with E-state index in [0.29, 0.717) is 25.9 Å². The van der Waals surface area contributed by atoms with Crippen molar-refractivity contribution in [1.29, 1.82) is 0 Å². The summed E-state index contributed by atoms with van der Waals surface area (Å²) in [6, 6.07) is 3.73. The van der Waals surface area contributed by atoms with Gasteiger partial charge in [-0.1, -0.05) is 17.7 Å². The number of primary amides is 1. The van der Waals surface area contributed by atoms with E-state index < -0.39 is 6.04 Å². The summed E-state index contributed by atoms with van der Waals surface area (Å²) in [4.78, 5) is 25.4. The van der Waals surface area contributed by atoms with E-state index in [0.717, 1.165) is 16.7 Å². The van der Waals surface area contributed by atoms with Crippen LogP contribution in [0.15, 0.2) is 12.1 Å². The molecule has 0 radical (unpaired) electrons. The quantitative estimate of drug-likeness (QED) is 0.914. The second kappa shape index (κ2) is 5.75. The minimum atomic E-state index is -0.427. The molecule has 1 aromatic carbocycles. The van der Waals surface area contributed by atoms with Gasteiger partial charge >= 0.3 is 0 Å². The normalized spacial score (nSPS) is 18.1. The molecule has 108 valence electrons. The van der Waals surface area contributed by atoms with E-state index in [2.05, 4.69) is 12.1 Å². The number of benzene rings is 1. The molecular weight excluding hydrogens is 252 g/mol. The minimum Gasteiger partial charge on any atom is -0.368 e. The lowest BCUT2D eigenvalue weighted by molar-refractivity contribution is -0.128. The largest absolute Gasteiger partial charge is 0.368 e. The lowest BCUT2D eigenvalue weighted by atomic mass is 9.91. The first-order chi connectivity index (χ1) is 9.40. The highest BCUT2D eigenvalue weighted by Gasteiger charge is 2.31. The van der Waals surface area contributed by atoms with Crippen LogP contribution in [-0.4, -0.2) is 29.7 Å². The highest BCUT2D eigenvalue weighted by Crippen LogP contribution is 2.29. The molecule has 1 atom stereocenters. The molecule has 1 heterocycles. The SMILES string of the molecule is Cc1cc(C)c(C(C(N)=O)N2CCC(=O)CC2)c(C)c1. The Morgan fingerprint density at radius 1 is 1.15 bits per heavy atom. The van der Waals surface area contributed by atoms with Crippen molar-refractivity contribution in [3.63, 3.8) is 0 Å². The standard InChI is InChI=1S/C16H22N2O2/c1-10-8-11(2)14(12(3)9-10)15(16(17)20)18-6-4-13(19)5-7-18/h8-9,15H,4-7H2,1-3H3,(H2,17,20). The van der Waals surface area contributed by atoms with Crippen LogP contribution in [0.1, 0.15) is 41.1 Å². The number of piperidine rings is 1. The lowest BCUT2D eigenvalue weighted by Crippen LogP contribution is -2.43. The molecule has 20 heavy (non-hydrogen) atoms. The van der Waals surface area contributed by atoms with Gasteiger partial charge in [-0.3, -0.25) is 14.5 Å². The molecule has 0 bridgehead atoms. The zero-order valence-electron chi connectivity index (χ0n) is 12.4. The van der Waals surface area contributed by atoms with Gasteiger partial charge in [-0.25, -0.2) is 0 Å². The summed E-state index contributed by atoms with van der Waals surface area (Å²) in [7, 11) is 0. The van der Waals surface area contributed by atoms with E-state index in [-0.39, 0.29) is 11.7 Å². The molecule has 2 N–H and O–H groups in total. The van der Waals surface area contributed by atoms with Crippen LogP contribution in [0, 0.1) is 20.8 Å². The van der Waals surface area contributed by atoms with Gasteiger partial charge in [0.15, 0.2) is 0 Å². The molecule has 2 rings (SSSR count). The van der Waals surface area contributed by atoms with Gasteiger partial charge in [-0.05, 0) is 37.5 Å². The lowest BCUT2D eigenvalue weighted by Gasteiger charge is -2.34. The fourth-order valence-electron chi connectivity index (χ4n) is 3.16. The molecule has 0 aliphatic carbocycles. The monoisotopic (exact) mass is 274 g/mol. The topological polar surface area (TPSA) is 63.4 Å². The van der Waals surface area contributed by atoms with Gasteiger partial charge in [-0.2, -0.15) is 0 Å². The summed E-state index contributed by atoms with van der Waals surface area (Å²) in [6.45, 7) is 7.29. The van der Waals surface area contributed by atoms with Crippen molar-refractivity contribution in [2.24, 2.45) is 5.73 Å². The van der Waals surface area contributed by atoms with Crippen LogP contribution >= 0.6 is 0 Å². The highest BCUT2D eigenvalue weighted by atomic mass is 16.1. The average molecular weight is 274 g/mol. The highest BCUT2D eigenvalue weighted by molar-refractivity contribution is 5.83. The molecule has 1 fully saturated rings. The summed E-state index contributed by atoms with van der Waals surface area (Å²) in [5, 5.41) is 0. The van der Waals surface area contributed by atoms with E-state index in [4.69, 9.17) is 5.73 Å². The molecule has 0 saturated carbocycles. The third-order valence-electron chi connectivity index (χ3n) is 4.00. The number of rotatable bonds is 3. The number of carbonyl (C=O) groups excluding carboxylic acids is 2. The van der Waals surface area contributed by atoms with Crippen LogP contribution < -0.4 is 5.73 Å². The van der Waals surface area contributed by atoms with Crippen LogP contribution in [-0.2, 0) is 9.59 Å². The van der Waals surface area contributed by atoms with Gasteiger partial charge in [-0.15, -0.1) is 0 Å². The number of nitrogens with two attached hydrogens (primary N) is 1. The van der Waals surface area contributed by atoms with Crippen LogP contribution in [0.3, 0.4) is 0 Å². The summed E-state index contributed by atoms with van der Waals surface area (Å²) in [6.07, 6.45) is 1.02. The molecular formula is C16H22N2O2. The first-order valence-corrected chi connectivity index (χ1v) is 7.03. The Hall–Kier alpha value is -1.68. The number of Topliss-reactive ketones (excluding diaryl/α,β-unsaturated/α-hetero) is 1. The van der Waals surface area contributed by atoms with Gasteiger partial charge in [0, 0.05) is 25.9 Å². The van der Waals surface area contributed by atoms with Crippen molar-refractivity contribution in [3.8, 4) is 0 Å². The molecule has 1 aromatic rings. The van der Waals surface area contributed by atoms with E-state index in [1.54, 1.807) is 0 Å². The fourth-order valence-corrected chi connectivity index (χ4v) is 3.16. The summed E-state index contributed by atoms with van der Waals surface area (Å²) in [5.41, 5.74) is 10.00. The molecule has 0 spiro atoms. The van der Waals surface area contributed by atoms with Gasteiger partial charge in [0.1, 0.15) is 11.8 Å². The van der Waals surface area contributed by atoms with Crippen LogP contribution in [0.4, 0.5) is 0 Å². The second-order valence-electron chi connectivity index (χ2n) is 5.69. The molecule has 4 nitrogen and oxygen atoms in total. The van der Waals surface area contributed by atoms with E-state index >= 15 is 0 Å². The predicted molar refractivity (Wildman–Crippen MR) is 78.4 cm³/mol. The Labute approximate surface area is 119 Å². The molecule has 1 aliphatic rings. The zero-order chi connectivity index (χ0) is 14.9. The number of carbonyl (C=O) groups is 2. The maximum Gasteiger partial charge on any atom is 0.239 e. The number of hydrogen-bond acceptors (Lipinski definition) is 3. The Balaban J connectivity index is 2.39. The first kappa shape index (κ1) is 14.7. The minimum absolute atomic E-state index is 0.266. The molecule has 4 heteroatoms. The Morgan fingerprint density at radius 3 is 2.10 bits per heavy atom. The number of ketones is 1. The maximum absolute atomic E-state index is 12.0. The Morgan fingerprint density at radius 2 is 1.65 bits per heavy atom. The van der Waals surface area contributed by atoms with Crippen molar-refractivity contribution < 1.29 is 9.59 Å². The van der Waals surface area contributed by atoms with Gasteiger partial charge in [0.2, 0.25) is 5.91 Å². The summed E-state index contributed by atoms with van der Waals surface area (Å²) < 4.78 is 0. The molecule has 1 aliphatic heterocycles. The summed E-state index contributed by atoms with van der Waals surface area (Å²) >= 11 is 0. The Bertz CT molecular complexity index is 518. The molecule has 1 unspecified atom stereocenters. The molecule has 1 amide bonds. The van der Waals surface area contributed by atoms with Crippen molar-refractivity contribution in [3.05, 3.63) is 34.4 Å². The fraction of sp³-hybridized carbons (Fsp3) is 0.500. The number of hydrogen-bond donors (Lipinski definition) is 1. The Kier molecular flexibility index (Phi) is 4.23. The van der Waals surface area contributed by atoms with E-state index in [9.17, 15) is 9.59 Å². The maximum atomic E-state index is 12.0. The third-order valence-corrected chi connectivity index (χ3v) is 4.00. The number of amides is 1. The second-order valence-corrected chi connectivity index (χ2v) is 5.69. The number of likely N-dealkylation sites (tertiary alicyclic amines) is 1. The van der Waals surface area contributed by atoms with Crippen molar-refractivity contribution in [2.45, 2.75) is 39.7 Å². The summed E-state index contributed by atoms with van der Waals surface area (Å²) in [5.74, 6) is -0.0729. The van der Waals surface area contributed by atoms with E-state index in [1.165, 1.54) is 5.56 Å². The van der Waals surface area contributed by atoms with Crippen LogP contribution in [0.2, 0.25) is 0 Å². The van der Waals surface area contributed by atoms with Gasteiger partial charge in [0.25, 0.3) is 0 Å². The van der Waals surface area contributed by atoms with Gasteiger partial charge < -0.3 is 5.73 Å². The smallest absolute Gasteiger partial charge is 0.239 e. The van der Waals surface area contributed by atoms with Crippen LogP contribution in [0.5, 0.6) is 0 Å². The van der Waals surface area contributed by atoms with Crippen molar-refractivity contribution >= 4 is 11.7 Å². The molecule has 1 saturated heterocycles. The molecule has 0 aromatic heterocycles. The zero-order valence-corrected chi connectivity index (χ0v) is 12.4. The average Bonchev–Trinajstić information content (AvgIpc) is 2.34. The first-order valence-electron chi connectivity index (χ1n) is 7.03. The van der Waals surface area contributed by atoms with Crippen LogP contribution in [0.25, 0.3) is 0 Å². The van der Waals surface area contributed by atoms with Crippen molar-refractivity contribution in [2.75, 3.05) is 13.1 Å². The predicted octanol–water partition coefficient (Wildman–Crippen LogP) is 1.80. The third kappa shape index (κ3) is 2.90.